The monoisotopic (exact) mass is 1690 g/mol. The van der Waals surface area contributed by atoms with E-state index in [1.54, 1.807) is 31.0 Å². The minimum atomic E-state index is 0.646. The molecule has 630 valence electrons. The van der Waals surface area contributed by atoms with E-state index < -0.39 is 0 Å². The van der Waals surface area contributed by atoms with Gasteiger partial charge in [-0.05, 0) is 249 Å². The molecule has 0 radical (unpaired) electrons. The molecule has 0 aliphatic carbocycles. The number of nitrogens with zero attached hydrogens (tertiary/aromatic N) is 20. The van der Waals surface area contributed by atoms with Crippen LogP contribution in [-0.4, -0.2) is 102 Å². The molecule has 2 N–H and O–H groups in total. The van der Waals surface area contributed by atoms with Crippen molar-refractivity contribution in [3.63, 3.8) is 0 Å². The Hall–Kier alpha value is -17.8. The maximum atomic E-state index is 8.89. The fourth-order valence-corrected chi connectivity index (χ4v) is 15.5. The highest BCUT2D eigenvalue weighted by Gasteiger charge is 2.16. The molecule has 0 aliphatic heterocycles. The number of nitrogens with one attached hydrogen (secondary N) is 2. The number of aryl methyl sites for hydroxylation is 7. The molecule has 0 saturated carbocycles. The molecule has 24 rings (SSSR count). The van der Waals surface area contributed by atoms with Gasteiger partial charge in [-0.25, -0.2) is 29.9 Å². The summed E-state index contributed by atoms with van der Waals surface area (Å²) < 4.78 is 21.4. The third kappa shape index (κ3) is 17.9. The zero-order valence-electron chi connectivity index (χ0n) is 72.2. The number of imidazole rings is 6. The van der Waals surface area contributed by atoms with Crippen LogP contribution in [0, 0.1) is 45.9 Å². The summed E-state index contributed by atoms with van der Waals surface area (Å²) >= 11 is 0. The van der Waals surface area contributed by atoms with Gasteiger partial charge in [0.25, 0.3) is 0 Å². The number of rotatable bonds is 12. The van der Waals surface area contributed by atoms with E-state index in [-0.39, 0.29) is 0 Å². The lowest BCUT2D eigenvalue weighted by Crippen LogP contribution is -1.92. The summed E-state index contributed by atoms with van der Waals surface area (Å²) in [5.41, 5.74) is 39.3. The maximum Gasteiger partial charge on any atom is 0.100 e. The summed E-state index contributed by atoms with van der Waals surface area (Å²) in [5.74, 6) is 0. The highest BCUT2D eigenvalue weighted by molar-refractivity contribution is 5.89. The molecule has 0 fully saturated rings. The summed E-state index contributed by atoms with van der Waals surface area (Å²) in [4.78, 5) is 31.0. The van der Waals surface area contributed by atoms with Gasteiger partial charge >= 0.3 is 0 Å². The van der Waals surface area contributed by atoms with Crippen LogP contribution in [0.25, 0.3) is 167 Å². The number of hydrogen-bond acceptors (Lipinski definition) is 13. The molecule has 130 heavy (non-hydrogen) atoms. The van der Waals surface area contributed by atoms with E-state index in [0.29, 0.717) is 5.56 Å². The highest BCUT2D eigenvalue weighted by Crippen LogP contribution is 2.34. The van der Waals surface area contributed by atoms with Crippen LogP contribution in [0.5, 0.6) is 0 Å². The van der Waals surface area contributed by atoms with Gasteiger partial charge in [-0.1, -0.05) is 125 Å². The second-order valence-corrected chi connectivity index (χ2v) is 31.8. The Morgan fingerprint density at radius 2 is 0.546 bits per heavy atom. The van der Waals surface area contributed by atoms with Crippen molar-refractivity contribution in [2.75, 3.05) is 0 Å². The van der Waals surface area contributed by atoms with Crippen LogP contribution in [0.15, 0.2) is 390 Å². The number of benzene rings is 12. The Labute approximate surface area is 748 Å². The molecule has 0 bridgehead atoms. The van der Waals surface area contributed by atoms with Gasteiger partial charge < -0.3 is 4.42 Å². The number of nitriles is 1. The van der Waals surface area contributed by atoms with Gasteiger partial charge in [0, 0.05) is 113 Å². The van der Waals surface area contributed by atoms with E-state index in [0.717, 1.165) is 162 Å². The van der Waals surface area contributed by atoms with Gasteiger partial charge in [0.2, 0.25) is 0 Å². The number of pyridine rings is 1. The van der Waals surface area contributed by atoms with Gasteiger partial charge in [0.1, 0.15) is 38.0 Å². The zero-order valence-corrected chi connectivity index (χ0v) is 72.2. The van der Waals surface area contributed by atoms with Crippen LogP contribution in [0.3, 0.4) is 0 Å². The first-order valence-electron chi connectivity index (χ1n) is 42.3. The van der Waals surface area contributed by atoms with Gasteiger partial charge in [-0.15, -0.1) is 0 Å². The predicted molar refractivity (Wildman–Crippen MR) is 515 cm³/mol. The summed E-state index contributed by atoms with van der Waals surface area (Å²) in [6.07, 6.45) is 33.4. The van der Waals surface area contributed by atoms with E-state index in [4.69, 9.17) is 9.68 Å². The van der Waals surface area contributed by atoms with Crippen molar-refractivity contribution < 1.29 is 4.42 Å². The molecular formula is C107H86N22O. The van der Waals surface area contributed by atoms with Crippen molar-refractivity contribution in [1.82, 2.24) is 102 Å². The van der Waals surface area contributed by atoms with Crippen LogP contribution in [-0.2, 0) is 14.1 Å². The first kappa shape index (κ1) is 81.9. The quantitative estimate of drug-likeness (QED) is 0.116. The largest absolute Gasteiger partial charge is 0.472 e. The molecular weight excluding hydrogens is 1610 g/mol. The van der Waals surface area contributed by atoms with E-state index in [2.05, 4.69) is 335 Å². The number of furan rings is 1. The molecule has 12 aromatic heterocycles. The van der Waals surface area contributed by atoms with Crippen LogP contribution in [0.1, 0.15) is 33.4 Å². The van der Waals surface area contributed by atoms with Gasteiger partial charge in [-0.2, -0.15) is 25.7 Å². The third-order valence-corrected chi connectivity index (χ3v) is 22.7. The minimum Gasteiger partial charge on any atom is -0.472 e. The predicted octanol–water partition coefficient (Wildman–Crippen LogP) is 23.5. The molecule has 0 spiro atoms. The fourth-order valence-electron chi connectivity index (χ4n) is 15.5. The molecule has 0 saturated heterocycles. The molecule has 0 unspecified atom stereocenters. The molecule has 24 aromatic rings. The van der Waals surface area contributed by atoms with Crippen LogP contribution in [0.4, 0.5) is 0 Å². The summed E-state index contributed by atoms with van der Waals surface area (Å²) in [5, 5.41) is 31.1. The molecule has 12 heterocycles. The molecule has 0 atom stereocenters. The van der Waals surface area contributed by atoms with Crippen molar-refractivity contribution >= 4 is 66.2 Å². The van der Waals surface area contributed by atoms with Crippen LogP contribution < -0.4 is 0 Å². The average molecular weight is 1700 g/mol. The SMILES string of the molecule is Cc1ccc(-n2cnc3ccc(-c4ccncc4)cc32)cc1.Cc1ccc(-n2cnc3ccc(-c4cn[nH]c4)cc32)cc1.Cc1ccc(-n2cnc3ccc(-c4cn[nH]c4)cc32)cc1.Cc1ccc(-n2cnc3ccc(-c4cnn(C)c4)cc32)cc1.Cc1ccc(-n2cnc3ccc(-c4cnn(C)c4)cc32)cc1.N#Cc1ccc(-n2cnc3ccc(-c4ccoc4)cc32)cc1. The van der Waals surface area contributed by atoms with Crippen molar-refractivity contribution in [2.24, 2.45) is 14.1 Å². The van der Waals surface area contributed by atoms with Gasteiger partial charge in [-0.3, -0.25) is 51.9 Å². The molecule has 0 aliphatic rings. The van der Waals surface area contributed by atoms with Crippen LogP contribution >= 0.6 is 0 Å². The Balaban J connectivity index is 0.000000101. The molecule has 23 nitrogen and oxygen atoms in total. The number of hydrogen-bond donors (Lipinski definition) is 2. The van der Waals surface area contributed by atoms with Crippen LogP contribution in [0.2, 0.25) is 0 Å². The average Bonchev–Trinajstić information content (AvgIpc) is 1.70. The first-order valence-corrected chi connectivity index (χ1v) is 42.3. The lowest BCUT2D eigenvalue weighted by atomic mass is 10.1. The topological polar surface area (TPSA) is 250 Å². The van der Waals surface area contributed by atoms with Crippen molar-refractivity contribution in [3.05, 3.63) is 419 Å². The Bertz CT molecular complexity index is 7710. The smallest absolute Gasteiger partial charge is 0.100 e. The number of H-pyrrole nitrogens is 2. The summed E-state index contributed by atoms with van der Waals surface area (Å²) in [6, 6.07) is 95.5. The second-order valence-electron chi connectivity index (χ2n) is 31.8. The van der Waals surface area contributed by atoms with Gasteiger partial charge in [0.05, 0.1) is 115 Å². The number of aromatic amines is 2. The fraction of sp³-hybridized carbons (Fsp3) is 0.0654. The normalized spacial score (nSPS) is 11.0. The lowest BCUT2D eigenvalue weighted by molar-refractivity contribution is 0.568. The first-order chi connectivity index (χ1) is 63.7. The lowest BCUT2D eigenvalue weighted by Gasteiger charge is -2.06. The van der Waals surface area contributed by atoms with E-state index in [9.17, 15) is 0 Å². The summed E-state index contributed by atoms with van der Waals surface area (Å²) in [6.45, 7) is 10.5. The molecule has 23 heteroatoms. The number of fused-ring (bicyclic) bond motifs is 6. The van der Waals surface area contributed by atoms with Crippen molar-refractivity contribution in [1.29, 1.82) is 5.26 Å². The summed E-state index contributed by atoms with van der Waals surface area (Å²) in [7, 11) is 3.86. The molecule has 12 aromatic carbocycles. The minimum absolute atomic E-state index is 0.646. The van der Waals surface area contributed by atoms with Crippen molar-refractivity contribution in [3.8, 4) is 107 Å². The highest BCUT2D eigenvalue weighted by atomic mass is 16.3. The number of aromatic nitrogens is 21. The zero-order chi connectivity index (χ0) is 88.6. The van der Waals surface area contributed by atoms with E-state index in [1.165, 1.54) is 33.4 Å². The van der Waals surface area contributed by atoms with Gasteiger partial charge in [0.15, 0.2) is 0 Å². The third-order valence-electron chi connectivity index (χ3n) is 22.7. The van der Waals surface area contributed by atoms with E-state index in [1.807, 2.05) is 176 Å². The van der Waals surface area contributed by atoms with Crippen molar-refractivity contribution in [2.45, 2.75) is 34.6 Å². The second kappa shape index (κ2) is 36.6. The Morgan fingerprint density at radius 3 is 0.792 bits per heavy atom. The Morgan fingerprint density at radius 1 is 0.277 bits per heavy atom. The van der Waals surface area contributed by atoms with E-state index >= 15 is 0 Å². The Kier molecular flexibility index (Phi) is 23.0. The maximum absolute atomic E-state index is 8.89. The standard InChI is InChI=1S/C19H15N3.2C18H16N4.C18H11N3O.2C17H14N4/c1-14-2-5-17(6-3-14)22-13-21-18-7-4-16(12-19(18)22)15-8-10-20-11-9-15;2*1-13-3-6-16(7-4-13)22-12-19-17-8-5-14(9-18(17)22)15-10-20-21(2)11-15;19-10-13-1-4-16(5-2-13)21-12-20-17-6-3-14(9-18(17)21)15-7-8-22-11-15;2*1-12-2-5-15(6-3-12)21-11-18-16-7-4-13(8-17(16)21)14-9-19-20-10-14/h2-13H,1H3;2*3-12H,1-2H3;1-9,11-12H;2*2-11H,1H3,(H,19,20). The molecule has 0 amide bonds.